The molecule has 0 radical (unpaired) electrons. The molecule has 3 N–H and O–H groups in total. The second-order valence-electron chi connectivity index (χ2n) is 4.91. The third-order valence-electron chi connectivity index (χ3n) is 3.54. The molecule has 0 aliphatic rings. The van der Waals surface area contributed by atoms with Crippen LogP contribution in [0.5, 0.6) is 0 Å². The van der Waals surface area contributed by atoms with Crippen molar-refractivity contribution in [3.63, 3.8) is 0 Å². The number of para-hydroxylation sites is 1. The summed E-state index contributed by atoms with van der Waals surface area (Å²) in [7, 11) is 0. The Morgan fingerprint density at radius 3 is 2.79 bits per heavy atom. The fourth-order valence-electron chi connectivity index (χ4n) is 2.69. The predicted molar refractivity (Wildman–Crippen MR) is 77.2 cm³/mol. The molecule has 4 heteroatoms. The number of aryl methyl sites for hydroxylation is 2. The van der Waals surface area contributed by atoms with Gasteiger partial charge in [-0.15, -0.1) is 0 Å². The van der Waals surface area contributed by atoms with Crippen molar-refractivity contribution in [1.29, 1.82) is 0 Å². The number of benzene rings is 1. The molecule has 4 nitrogen and oxygen atoms in total. The molecule has 3 rings (SSSR count). The Morgan fingerprint density at radius 1 is 1.32 bits per heavy atom. The van der Waals surface area contributed by atoms with Gasteiger partial charge in [0.15, 0.2) is 0 Å². The van der Waals surface area contributed by atoms with E-state index in [1.807, 2.05) is 23.9 Å². The van der Waals surface area contributed by atoms with Crippen LogP contribution in [0, 0.1) is 13.8 Å². The van der Waals surface area contributed by atoms with Gasteiger partial charge < -0.3 is 10.7 Å². The van der Waals surface area contributed by atoms with Crippen molar-refractivity contribution < 1.29 is 0 Å². The number of rotatable bonds is 3. The summed E-state index contributed by atoms with van der Waals surface area (Å²) in [5.41, 5.74) is 10.5. The molecular weight excluding hydrogens is 236 g/mol. The second kappa shape index (κ2) is 4.55. The second-order valence-corrected chi connectivity index (χ2v) is 4.91. The summed E-state index contributed by atoms with van der Waals surface area (Å²) >= 11 is 0. The number of H-pyrrole nitrogens is 1. The highest BCUT2D eigenvalue weighted by Crippen LogP contribution is 2.27. The highest BCUT2D eigenvalue weighted by atomic mass is 15.3. The van der Waals surface area contributed by atoms with Crippen LogP contribution in [0.3, 0.4) is 0 Å². The van der Waals surface area contributed by atoms with Gasteiger partial charge in [-0.1, -0.05) is 18.2 Å². The van der Waals surface area contributed by atoms with Gasteiger partial charge in [0.2, 0.25) is 0 Å². The summed E-state index contributed by atoms with van der Waals surface area (Å²) in [5, 5.41) is 5.78. The molecule has 0 bridgehead atoms. The molecule has 0 fully saturated rings. The van der Waals surface area contributed by atoms with Gasteiger partial charge in [0.05, 0.1) is 11.7 Å². The van der Waals surface area contributed by atoms with E-state index in [4.69, 9.17) is 5.73 Å². The van der Waals surface area contributed by atoms with E-state index in [0.717, 1.165) is 16.9 Å². The van der Waals surface area contributed by atoms with Gasteiger partial charge in [0.1, 0.15) is 0 Å². The maximum atomic E-state index is 5.99. The van der Waals surface area contributed by atoms with E-state index in [1.54, 1.807) is 0 Å². The zero-order chi connectivity index (χ0) is 13.4. The van der Waals surface area contributed by atoms with Crippen molar-refractivity contribution in [1.82, 2.24) is 14.8 Å². The van der Waals surface area contributed by atoms with Gasteiger partial charge in [0.25, 0.3) is 0 Å². The first-order valence-electron chi connectivity index (χ1n) is 6.49. The van der Waals surface area contributed by atoms with Crippen LogP contribution >= 0.6 is 0 Å². The molecule has 0 saturated carbocycles. The summed E-state index contributed by atoms with van der Waals surface area (Å²) in [4.78, 5) is 3.30. The molecule has 98 valence electrons. The Hall–Kier alpha value is -2.07. The van der Waals surface area contributed by atoms with Gasteiger partial charge in [-0.2, -0.15) is 5.10 Å². The van der Waals surface area contributed by atoms with Crippen LogP contribution in [0.1, 0.15) is 23.0 Å². The minimum Gasteiger partial charge on any atom is -0.361 e. The first-order chi connectivity index (χ1) is 9.20. The fraction of sp³-hybridized carbons (Fsp3) is 0.267. The van der Waals surface area contributed by atoms with Crippen molar-refractivity contribution >= 4 is 10.9 Å². The Balaban J connectivity index is 2.15. The van der Waals surface area contributed by atoms with E-state index in [1.165, 1.54) is 10.9 Å². The minimum atomic E-state index is 0.0739. The van der Waals surface area contributed by atoms with Crippen LogP contribution < -0.4 is 5.73 Å². The summed E-state index contributed by atoms with van der Waals surface area (Å²) < 4.78 is 2.02. The lowest BCUT2D eigenvalue weighted by Gasteiger charge is -2.17. The smallest absolute Gasteiger partial charge is 0.0914 e. The van der Waals surface area contributed by atoms with Crippen LogP contribution in [0.15, 0.2) is 36.5 Å². The Kier molecular flexibility index (Phi) is 2.87. The summed E-state index contributed by atoms with van der Waals surface area (Å²) in [5.74, 6) is 0. The third-order valence-corrected chi connectivity index (χ3v) is 3.54. The monoisotopic (exact) mass is 254 g/mol. The zero-order valence-electron chi connectivity index (χ0n) is 11.2. The van der Waals surface area contributed by atoms with Crippen LogP contribution in [0.4, 0.5) is 0 Å². The van der Waals surface area contributed by atoms with Gasteiger partial charge in [-0.05, 0) is 26.0 Å². The highest BCUT2D eigenvalue weighted by molar-refractivity contribution is 5.83. The SMILES string of the molecule is Cc1cc(C)n(C(CN)c2c[nH]c3ccccc23)n1. The molecule has 0 aliphatic carbocycles. The lowest BCUT2D eigenvalue weighted by atomic mass is 10.1. The largest absolute Gasteiger partial charge is 0.361 e. The van der Waals surface area contributed by atoms with E-state index in [0.29, 0.717) is 6.54 Å². The molecule has 2 aromatic heterocycles. The van der Waals surface area contributed by atoms with Gasteiger partial charge >= 0.3 is 0 Å². The van der Waals surface area contributed by atoms with Crippen molar-refractivity contribution in [3.8, 4) is 0 Å². The van der Waals surface area contributed by atoms with Crippen molar-refractivity contribution in [2.45, 2.75) is 19.9 Å². The topological polar surface area (TPSA) is 59.6 Å². The van der Waals surface area contributed by atoms with E-state index in [2.05, 4.69) is 41.3 Å². The molecule has 0 saturated heterocycles. The lowest BCUT2D eigenvalue weighted by molar-refractivity contribution is 0.519. The molecule has 1 atom stereocenters. The first kappa shape index (κ1) is 12.0. The number of aromatic amines is 1. The highest BCUT2D eigenvalue weighted by Gasteiger charge is 2.18. The third kappa shape index (κ3) is 1.94. The van der Waals surface area contributed by atoms with Crippen molar-refractivity contribution in [3.05, 3.63) is 53.5 Å². The number of hydrogen-bond donors (Lipinski definition) is 2. The Labute approximate surface area is 112 Å². The van der Waals surface area contributed by atoms with Crippen molar-refractivity contribution in [2.75, 3.05) is 6.54 Å². The van der Waals surface area contributed by atoms with Gasteiger partial charge in [0, 0.05) is 34.9 Å². The molecule has 19 heavy (non-hydrogen) atoms. The summed E-state index contributed by atoms with van der Waals surface area (Å²) in [6.07, 6.45) is 2.04. The van der Waals surface area contributed by atoms with Crippen LogP contribution in [0.2, 0.25) is 0 Å². The minimum absolute atomic E-state index is 0.0739. The molecule has 0 amide bonds. The summed E-state index contributed by atoms with van der Waals surface area (Å²) in [6, 6.07) is 10.4. The van der Waals surface area contributed by atoms with E-state index >= 15 is 0 Å². The van der Waals surface area contributed by atoms with Gasteiger partial charge in [-0.3, -0.25) is 4.68 Å². The molecule has 3 aromatic rings. The Morgan fingerprint density at radius 2 is 2.11 bits per heavy atom. The van der Waals surface area contributed by atoms with Crippen LogP contribution in [-0.4, -0.2) is 21.3 Å². The standard InChI is InChI=1S/C15H18N4/c1-10-7-11(2)19(18-10)15(8-16)13-9-17-14-6-4-3-5-12(13)14/h3-7,9,15,17H,8,16H2,1-2H3. The molecule has 2 heterocycles. The first-order valence-corrected chi connectivity index (χ1v) is 6.49. The molecule has 0 spiro atoms. The molecule has 1 unspecified atom stereocenters. The normalized spacial score (nSPS) is 13.0. The van der Waals surface area contributed by atoms with Crippen LogP contribution in [-0.2, 0) is 0 Å². The number of aromatic nitrogens is 3. The van der Waals surface area contributed by atoms with Crippen molar-refractivity contribution in [2.24, 2.45) is 5.73 Å². The Bertz CT molecular complexity index is 708. The average Bonchev–Trinajstić information content (AvgIpc) is 2.96. The molecule has 1 aromatic carbocycles. The summed E-state index contributed by atoms with van der Waals surface area (Å²) in [6.45, 7) is 4.60. The maximum Gasteiger partial charge on any atom is 0.0914 e. The quantitative estimate of drug-likeness (QED) is 0.754. The number of hydrogen-bond acceptors (Lipinski definition) is 2. The fourth-order valence-corrected chi connectivity index (χ4v) is 2.69. The van der Waals surface area contributed by atoms with Gasteiger partial charge in [-0.25, -0.2) is 0 Å². The van der Waals surface area contributed by atoms with E-state index in [-0.39, 0.29) is 6.04 Å². The zero-order valence-corrected chi connectivity index (χ0v) is 11.2. The van der Waals surface area contributed by atoms with Crippen LogP contribution in [0.25, 0.3) is 10.9 Å². The predicted octanol–water partition coefficient (Wildman–Crippen LogP) is 2.53. The molecular formula is C15H18N4. The average molecular weight is 254 g/mol. The molecule has 0 aliphatic heterocycles. The lowest BCUT2D eigenvalue weighted by Crippen LogP contribution is -2.22. The number of nitrogens with two attached hydrogens (primary N) is 1. The number of nitrogens with zero attached hydrogens (tertiary/aromatic N) is 2. The van der Waals surface area contributed by atoms with E-state index in [9.17, 15) is 0 Å². The number of nitrogens with one attached hydrogen (secondary N) is 1. The van der Waals surface area contributed by atoms with E-state index < -0.39 is 0 Å². The maximum absolute atomic E-state index is 5.99. The number of fused-ring (bicyclic) bond motifs is 1.